The molecule has 0 atom stereocenters. The largest absolute Gasteiger partial charge is 0.139 e. The van der Waals surface area contributed by atoms with Crippen molar-refractivity contribution in [2.45, 2.75) is 143 Å². The van der Waals surface area contributed by atoms with Crippen LogP contribution in [-0.4, -0.2) is 8.07 Å². The minimum Gasteiger partial charge on any atom is -0.139 e. The molecule has 4 heteroatoms. The lowest BCUT2D eigenvalue weighted by atomic mass is 9.89. The van der Waals surface area contributed by atoms with Crippen LogP contribution in [0.4, 0.5) is 0 Å². The normalized spacial score (nSPS) is 14.7. The first-order chi connectivity index (χ1) is 18.1. The highest BCUT2D eigenvalue weighted by Crippen LogP contribution is 2.48. The molecule has 0 bridgehead atoms. The molecule has 0 nitrogen and oxygen atoms in total. The predicted molar refractivity (Wildman–Crippen MR) is 180 cm³/mol. The highest BCUT2D eigenvalue weighted by molar-refractivity contribution is 7.32. The number of hydrogen-bond donors (Lipinski definition) is 0. The maximum atomic E-state index is 2.73. The third kappa shape index (κ3) is 5.85. The van der Waals surface area contributed by atoms with Gasteiger partial charge >= 0.3 is 0 Å². The van der Waals surface area contributed by atoms with Crippen LogP contribution in [0.3, 0.4) is 0 Å². The van der Waals surface area contributed by atoms with Gasteiger partial charge in [0.1, 0.15) is 8.07 Å². The molecule has 1 aliphatic heterocycles. The maximum absolute atomic E-state index is 2.73. The Kier molecular flexibility index (Phi) is 9.92. The fourth-order valence-electron chi connectivity index (χ4n) is 5.98. The summed E-state index contributed by atoms with van der Waals surface area (Å²) in [5, 5.41) is 3.65. The van der Waals surface area contributed by atoms with E-state index in [4.69, 9.17) is 0 Å². The van der Waals surface area contributed by atoms with Crippen LogP contribution in [0.5, 0.6) is 0 Å². The van der Waals surface area contributed by atoms with Crippen LogP contribution < -0.4 is 10.4 Å². The predicted octanol–water partition coefficient (Wildman–Crippen LogP) is 11.6. The van der Waals surface area contributed by atoms with Crippen molar-refractivity contribution in [2.75, 3.05) is 0 Å². The molecule has 0 saturated heterocycles. The lowest BCUT2D eigenvalue weighted by molar-refractivity contribution is 0.517. The van der Waals surface area contributed by atoms with E-state index in [-0.39, 0.29) is 10.8 Å². The van der Waals surface area contributed by atoms with E-state index in [1.54, 1.807) is 14.6 Å². The molecule has 1 aliphatic rings. The first kappa shape index (κ1) is 30.3. The van der Waals surface area contributed by atoms with Crippen LogP contribution in [0.15, 0.2) is 24.3 Å². The van der Waals surface area contributed by atoms with Crippen molar-refractivity contribution in [3.63, 3.8) is 0 Å². The third-order valence-electron chi connectivity index (χ3n) is 9.57. The van der Waals surface area contributed by atoms with Gasteiger partial charge in [-0.25, -0.2) is 0 Å². The van der Waals surface area contributed by atoms with Crippen LogP contribution in [0.2, 0.25) is 12.1 Å². The molecule has 4 heterocycles. The molecule has 0 saturated carbocycles. The molecule has 0 aromatic carbocycles. The average molecular weight is 585 g/mol. The summed E-state index contributed by atoms with van der Waals surface area (Å²) in [6.45, 7) is 19.1. The van der Waals surface area contributed by atoms with E-state index in [0.717, 1.165) is 0 Å². The van der Waals surface area contributed by atoms with Crippen LogP contribution >= 0.6 is 34.0 Å². The van der Waals surface area contributed by atoms with Gasteiger partial charge in [-0.15, -0.1) is 34.0 Å². The van der Waals surface area contributed by atoms with Crippen molar-refractivity contribution in [3.8, 4) is 19.5 Å². The Balaban J connectivity index is 1.81. The number of rotatable bonds is 15. The van der Waals surface area contributed by atoms with E-state index >= 15 is 0 Å². The van der Waals surface area contributed by atoms with Crippen molar-refractivity contribution >= 4 is 52.5 Å². The zero-order chi connectivity index (χ0) is 27.6. The second kappa shape index (κ2) is 12.5. The summed E-state index contributed by atoms with van der Waals surface area (Å²) in [6, 6.07) is 13.2. The van der Waals surface area contributed by atoms with E-state index in [1.165, 1.54) is 90.9 Å². The number of hydrogen-bond acceptors (Lipinski definition) is 3. The Morgan fingerprint density at radius 3 is 1.71 bits per heavy atom. The summed E-state index contributed by atoms with van der Waals surface area (Å²) >= 11 is 6.33. The zero-order valence-electron chi connectivity index (χ0n) is 25.5. The van der Waals surface area contributed by atoms with Crippen molar-refractivity contribution in [1.82, 2.24) is 0 Å². The van der Waals surface area contributed by atoms with Gasteiger partial charge in [0.05, 0.1) is 0 Å². The summed E-state index contributed by atoms with van der Waals surface area (Å²) in [4.78, 5) is 9.54. The van der Waals surface area contributed by atoms with Crippen LogP contribution in [0.1, 0.15) is 129 Å². The number of unbranched alkanes of at least 4 members (excludes halogenated alkanes) is 6. The van der Waals surface area contributed by atoms with E-state index in [9.17, 15) is 0 Å². The number of fused-ring (bicyclic) bond motifs is 3. The van der Waals surface area contributed by atoms with Gasteiger partial charge in [0.15, 0.2) is 0 Å². The third-order valence-corrected chi connectivity index (χ3v) is 19.6. The monoisotopic (exact) mass is 584 g/mol. The molecular weight excluding hydrogens is 533 g/mol. The Morgan fingerprint density at radius 1 is 0.579 bits per heavy atom. The Bertz CT molecular complexity index is 1180. The molecular formula is C34H52S3Si. The molecule has 4 rings (SSSR count). The fraction of sp³-hybridized carbons (Fsp3) is 0.647. The van der Waals surface area contributed by atoms with Gasteiger partial charge in [-0.05, 0) is 70.4 Å². The van der Waals surface area contributed by atoms with E-state index < -0.39 is 8.07 Å². The van der Waals surface area contributed by atoms with Gasteiger partial charge in [-0.3, -0.25) is 0 Å². The highest BCUT2D eigenvalue weighted by Gasteiger charge is 2.48. The average Bonchev–Trinajstić information content (AvgIpc) is 3.68. The summed E-state index contributed by atoms with van der Waals surface area (Å²) in [5.74, 6) is 0. The Hall–Kier alpha value is -0.683. The minimum atomic E-state index is -1.77. The first-order valence-corrected chi connectivity index (χ1v) is 20.4. The van der Waals surface area contributed by atoms with Gasteiger partial charge in [-0.1, -0.05) is 107 Å². The first-order valence-electron chi connectivity index (χ1n) is 15.5. The molecule has 38 heavy (non-hydrogen) atoms. The maximum Gasteiger partial charge on any atom is 0.122 e. The molecule has 0 N–H and O–H groups in total. The standard InChI is InChI=1S/C34H52S3Si/c1-9-13-15-17-21-38(22-18-16-14-10-2)27-23-26(25-19-20-29(35-25)33(5,6)11-3)36-31(27)32-28(38)24-30(37-32)34(7,8)12-4/h19-20,23-24H,9-18,21-22H2,1-8H3. The summed E-state index contributed by atoms with van der Waals surface area (Å²) in [6.07, 6.45) is 13.4. The second-order valence-electron chi connectivity index (χ2n) is 13.0. The van der Waals surface area contributed by atoms with Crippen molar-refractivity contribution < 1.29 is 0 Å². The van der Waals surface area contributed by atoms with E-state index in [1.807, 2.05) is 21.7 Å². The van der Waals surface area contributed by atoms with Gasteiger partial charge in [0.2, 0.25) is 0 Å². The zero-order valence-corrected chi connectivity index (χ0v) is 29.0. The van der Waals surface area contributed by atoms with Crippen molar-refractivity contribution in [3.05, 3.63) is 34.0 Å². The molecule has 0 amide bonds. The number of thiophene rings is 3. The van der Waals surface area contributed by atoms with Gasteiger partial charge in [0, 0.05) is 29.3 Å². The quantitative estimate of drug-likeness (QED) is 0.123. The lowest BCUT2D eigenvalue weighted by Gasteiger charge is -2.29. The molecule has 0 fully saturated rings. The molecule has 210 valence electrons. The topological polar surface area (TPSA) is 0 Å². The van der Waals surface area contributed by atoms with Crippen LogP contribution in [0.25, 0.3) is 19.5 Å². The van der Waals surface area contributed by atoms with Crippen molar-refractivity contribution in [1.29, 1.82) is 0 Å². The summed E-state index contributed by atoms with van der Waals surface area (Å²) < 4.78 is 0. The Labute approximate surface area is 247 Å². The fourth-order valence-corrected chi connectivity index (χ4v) is 16.9. The highest BCUT2D eigenvalue weighted by atomic mass is 32.1. The van der Waals surface area contributed by atoms with E-state index in [2.05, 4.69) is 102 Å². The van der Waals surface area contributed by atoms with Crippen LogP contribution in [0, 0.1) is 0 Å². The summed E-state index contributed by atoms with van der Waals surface area (Å²) in [7, 11) is -1.77. The molecule has 0 radical (unpaired) electrons. The molecule has 0 aliphatic carbocycles. The van der Waals surface area contributed by atoms with Gasteiger partial charge < -0.3 is 0 Å². The molecule has 3 aromatic heterocycles. The van der Waals surface area contributed by atoms with Gasteiger partial charge in [0.25, 0.3) is 0 Å². The second-order valence-corrected chi connectivity index (χ2v) is 20.5. The Morgan fingerprint density at radius 2 is 1.13 bits per heavy atom. The minimum absolute atomic E-state index is 0.265. The van der Waals surface area contributed by atoms with Crippen molar-refractivity contribution in [2.24, 2.45) is 0 Å². The summed E-state index contributed by atoms with van der Waals surface area (Å²) in [5.41, 5.74) is 0.537. The smallest absolute Gasteiger partial charge is 0.122 e. The lowest BCUT2D eigenvalue weighted by Crippen LogP contribution is -2.54. The molecule has 0 unspecified atom stereocenters. The molecule has 3 aromatic rings. The van der Waals surface area contributed by atoms with E-state index in [0.29, 0.717) is 0 Å². The van der Waals surface area contributed by atoms with Gasteiger partial charge in [-0.2, -0.15) is 0 Å². The SMILES string of the molecule is CCCCCC[Si]1(CCCCCC)c2cc(-c3ccc(C(C)(C)CC)s3)sc2-c2sc(C(C)(C)CC)cc21. The molecule has 0 spiro atoms. The van der Waals surface area contributed by atoms with Crippen LogP contribution in [-0.2, 0) is 10.8 Å².